The molecule has 3 fully saturated rings. The molecule has 1 saturated carbocycles. The largest absolute Gasteiger partial charge is 0.340 e. The van der Waals surface area contributed by atoms with E-state index in [0.717, 1.165) is 32.4 Å². The van der Waals surface area contributed by atoms with Crippen LogP contribution >= 0.6 is 0 Å². The SMILES string of the molecule is CC1(CN2CCC(=O)N3CCCCC3C2=O)CCCC1. The fourth-order valence-electron chi connectivity index (χ4n) is 4.19. The van der Waals surface area contributed by atoms with Crippen LogP contribution in [0.5, 0.6) is 0 Å². The van der Waals surface area contributed by atoms with Crippen molar-refractivity contribution in [3.63, 3.8) is 0 Å². The second kappa shape index (κ2) is 5.38. The third kappa shape index (κ3) is 2.57. The molecule has 1 unspecified atom stereocenters. The Morgan fingerprint density at radius 1 is 1.10 bits per heavy atom. The molecule has 3 aliphatic rings. The van der Waals surface area contributed by atoms with Crippen LogP contribution in [0.3, 0.4) is 0 Å². The van der Waals surface area contributed by atoms with Crippen LogP contribution in [0.2, 0.25) is 0 Å². The molecule has 20 heavy (non-hydrogen) atoms. The minimum Gasteiger partial charge on any atom is -0.340 e. The molecule has 112 valence electrons. The minimum atomic E-state index is -0.163. The molecule has 2 aliphatic heterocycles. The van der Waals surface area contributed by atoms with Gasteiger partial charge in [-0.15, -0.1) is 0 Å². The maximum atomic E-state index is 12.8. The molecule has 0 aromatic heterocycles. The van der Waals surface area contributed by atoms with Crippen molar-refractivity contribution in [2.75, 3.05) is 19.6 Å². The molecular weight excluding hydrogens is 252 g/mol. The Morgan fingerprint density at radius 2 is 1.85 bits per heavy atom. The van der Waals surface area contributed by atoms with Crippen molar-refractivity contribution in [3.8, 4) is 0 Å². The van der Waals surface area contributed by atoms with Gasteiger partial charge in [0.25, 0.3) is 0 Å². The van der Waals surface area contributed by atoms with Crippen LogP contribution in [-0.2, 0) is 9.59 Å². The second-order valence-electron chi connectivity index (χ2n) is 7.13. The Hall–Kier alpha value is -1.06. The lowest BCUT2D eigenvalue weighted by Crippen LogP contribution is -2.51. The predicted molar refractivity (Wildman–Crippen MR) is 77.1 cm³/mol. The van der Waals surface area contributed by atoms with Gasteiger partial charge in [-0.2, -0.15) is 0 Å². The van der Waals surface area contributed by atoms with Crippen LogP contribution < -0.4 is 0 Å². The second-order valence-corrected chi connectivity index (χ2v) is 7.13. The number of amides is 2. The van der Waals surface area contributed by atoms with E-state index in [1.54, 1.807) is 0 Å². The van der Waals surface area contributed by atoms with E-state index >= 15 is 0 Å². The van der Waals surface area contributed by atoms with Crippen molar-refractivity contribution in [3.05, 3.63) is 0 Å². The van der Waals surface area contributed by atoms with Crippen molar-refractivity contribution in [2.24, 2.45) is 5.41 Å². The highest BCUT2D eigenvalue weighted by molar-refractivity contribution is 5.90. The van der Waals surface area contributed by atoms with Crippen molar-refractivity contribution >= 4 is 11.8 Å². The van der Waals surface area contributed by atoms with Crippen molar-refractivity contribution in [1.29, 1.82) is 0 Å². The highest BCUT2D eigenvalue weighted by Crippen LogP contribution is 2.38. The first-order valence-electron chi connectivity index (χ1n) is 8.17. The van der Waals surface area contributed by atoms with Crippen LogP contribution in [0, 0.1) is 5.41 Å². The normalized spacial score (nSPS) is 30.4. The summed E-state index contributed by atoms with van der Waals surface area (Å²) in [5.74, 6) is 0.394. The van der Waals surface area contributed by atoms with Crippen molar-refractivity contribution in [1.82, 2.24) is 9.80 Å². The van der Waals surface area contributed by atoms with E-state index in [0.29, 0.717) is 13.0 Å². The van der Waals surface area contributed by atoms with Crippen LogP contribution in [0.15, 0.2) is 0 Å². The summed E-state index contributed by atoms with van der Waals surface area (Å²) in [6.45, 7) is 4.56. The number of fused-ring (bicyclic) bond motifs is 1. The maximum Gasteiger partial charge on any atom is 0.245 e. The van der Waals surface area contributed by atoms with Gasteiger partial charge < -0.3 is 9.80 Å². The monoisotopic (exact) mass is 278 g/mol. The summed E-state index contributed by atoms with van der Waals surface area (Å²) in [5.41, 5.74) is 0.280. The van der Waals surface area contributed by atoms with Gasteiger partial charge in [0.05, 0.1) is 0 Å². The molecule has 2 amide bonds. The van der Waals surface area contributed by atoms with Gasteiger partial charge in [-0.05, 0) is 37.5 Å². The van der Waals surface area contributed by atoms with Gasteiger partial charge in [-0.1, -0.05) is 19.8 Å². The van der Waals surface area contributed by atoms with E-state index in [4.69, 9.17) is 0 Å². The van der Waals surface area contributed by atoms with E-state index in [-0.39, 0.29) is 23.3 Å². The third-order valence-corrected chi connectivity index (χ3v) is 5.40. The van der Waals surface area contributed by atoms with E-state index in [1.807, 2.05) is 9.80 Å². The summed E-state index contributed by atoms with van der Waals surface area (Å²) in [6, 6.07) is -0.163. The molecule has 0 aromatic rings. The van der Waals surface area contributed by atoms with Crippen LogP contribution in [0.4, 0.5) is 0 Å². The average molecular weight is 278 g/mol. The van der Waals surface area contributed by atoms with Gasteiger partial charge in [-0.3, -0.25) is 9.59 Å². The molecule has 4 nitrogen and oxygen atoms in total. The fraction of sp³-hybridized carbons (Fsp3) is 0.875. The molecule has 0 aromatic carbocycles. The van der Waals surface area contributed by atoms with E-state index < -0.39 is 0 Å². The van der Waals surface area contributed by atoms with Crippen molar-refractivity contribution in [2.45, 2.75) is 64.3 Å². The number of piperidine rings is 1. The van der Waals surface area contributed by atoms with Gasteiger partial charge >= 0.3 is 0 Å². The van der Waals surface area contributed by atoms with Crippen LogP contribution in [0.25, 0.3) is 0 Å². The average Bonchev–Trinajstić information content (AvgIpc) is 2.84. The molecule has 4 heteroatoms. The van der Waals surface area contributed by atoms with Gasteiger partial charge in [0, 0.05) is 26.1 Å². The zero-order chi connectivity index (χ0) is 14.2. The van der Waals surface area contributed by atoms with Crippen molar-refractivity contribution < 1.29 is 9.59 Å². The molecule has 1 atom stereocenters. The number of carbonyl (C=O) groups excluding carboxylic acids is 2. The molecule has 1 aliphatic carbocycles. The zero-order valence-electron chi connectivity index (χ0n) is 12.6. The van der Waals surface area contributed by atoms with Gasteiger partial charge in [0.1, 0.15) is 6.04 Å². The summed E-state index contributed by atoms with van der Waals surface area (Å²) in [5, 5.41) is 0. The lowest BCUT2D eigenvalue weighted by atomic mass is 9.88. The third-order valence-electron chi connectivity index (χ3n) is 5.40. The lowest BCUT2D eigenvalue weighted by Gasteiger charge is -2.36. The molecule has 0 N–H and O–H groups in total. The quantitative estimate of drug-likeness (QED) is 0.777. The first kappa shape index (κ1) is 13.9. The molecule has 0 radical (unpaired) electrons. The smallest absolute Gasteiger partial charge is 0.245 e. The predicted octanol–water partition coefficient (Wildman–Crippen LogP) is 2.18. The van der Waals surface area contributed by atoms with E-state index in [9.17, 15) is 9.59 Å². The van der Waals surface area contributed by atoms with Crippen LogP contribution in [0.1, 0.15) is 58.3 Å². The fourth-order valence-corrected chi connectivity index (χ4v) is 4.19. The molecule has 0 spiro atoms. The number of nitrogens with zero attached hydrogens (tertiary/aromatic N) is 2. The Labute approximate surface area is 121 Å². The van der Waals surface area contributed by atoms with E-state index in [2.05, 4.69) is 6.92 Å². The first-order valence-corrected chi connectivity index (χ1v) is 8.17. The molecule has 2 saturated heterocycles. The maximum absolute atomic E-state index is 12.8. The Balaban J connectivity index is 1.75. The number of hydrogen-bond donors (Lipinski definition) is 0. The first-order chi connectivity index (χ1) is 9.59. The zero-order valence-corrected chi connectivity index (χ0v) is 12.6. The number of rotatable bonds is 2. The number of carbonyl (C=O) groups is 2. The summed E-state index contributed by atoms with van der Waals surface area (Å²) < 4.78 is 0. The van der Waals surface area contributed by atoms with Gasteiger partial charge in [0.15, 0.2) is 0 Å². The van der Waals surface area contributed by atoms with Gasteiger partial charge in [0.2, 0.25) is 11.8 Å². The summed E-state index contributed by atoms with van der Waals surface area (Å²) in [7, 11) is 0. The molecule has 2 heterocycles. The molecule has 3 rings (SSSR count). The Morgan fingerprint density at radius 3 is 2.60 bits per heavy atom. The highest BCUT2D eigenvalue weighted by Gasteiger charge is 2.40. The summed E-state index contributed by atoms with van der Waals surface area (Å²) >= 11 is 0. The van der Waals surface area contributed by atoms with Crippen LogP contribution in [-0.4, -0.2) is 47.3 Å². The van der Waals surface area contributed by atoms with E-state index in [1.165, 1.54) is 25.7 Å². The minimum absolute atomic E-state index is 0.163. The molecular formula is C16H26N2O2. The molecule has 0 bridgehead atoms. The summed E-state index contributed by atoms with van der Waals surface area (Å²) in [6.07, 6.45) is 8.51. The summed E-state index contributed by atoms with van der Waals surface area (Å²) in [4.78, 5) is 28.8. The Kier molecular flexibility index (Phi) is 3.74. The van der Waals surface area contributed by atoms with Gasteiger partial charge in [-0.25, -0.2) is 0 Å². The highest BCUT2D eigenvalue weighted by atomic mass is 16.2. The number of hydrogen-bond acceptors (Lipinski definition) is 2. The standard InChI is InChI=1S/C16H26N2O2/c1-16(8-3-4-9-16)12-17-11-7-14(19)18-10-5-2-6-13(18)15(17)20/h13H,2-12H2,1H3. The topological polar surface area (TPSA) is 40.6 Å². The Bertz CT molecular complexity index is 401. The lowest BCUT2D eigenvalue weighted by molar-refractivity contribution is -0.143.